The topological polar surface area (TPSA) is 41.1 Å². The monoisotopic (exact) mass is 282 g/mol. The third-order valence-corrected chi connectivity index (χ3v) is 4.17. The number of rotatable bonds is 3. The number of anilines is 2. The van der Waals surface area contributed by atoms with Crippen LogP contribution in [0.25, 0.3) is 0 Å². The molecule has 0 radical (unpaired) electrons. The Labute approximate surface area is 126 Å². The van der Waals surface area contributed by atoms with Crippen molar-refractivity contribution in [3.05, 3.63) is 47.3 Å². The lowest BCUT2D eigenvalue weighted by Crippen LogP contribution is -2.25. The van der Waals surface area contributed by atoms with E-state index in [4.69, 9.17) is 0 Å². The highest BCUT2D eigenvalue weighted by atomic mass is 15.2. The van der Waals surface area contributed by atoms with E-state index in [9.17, 15) is 0 Å². The third kappa shape index (κ3) is 2.71. The molecule has 4 heteroatoms. The predicted octanol–water partition coefficient (Wildman–Crippen LogP) is 3.03. The molecule has 0 aliphatic carbocycles. The Morgan fingerprint density at radius 2 is 2.00 bits per heavy atom. The number of nitrogens with zero attached hydrogens (tertiary/aromatic N) is 3. The van der Waals surface area contributed by atoms with Crippen LogP contribution in [0.4, 0.5) is 11.6 Å². The molecule has 2 aromatic rings. The lowest BCUT2D eigenvalue weighted by Gasteiger charge is -2.25. The van der Waals surface area contributed by atoms with Crippen molar-refractivity contribution in [3.63, 3.8) is 0 Å². The van der Waals surface area contributed by atoms with Crippen LogP contribution in [0.3, 0.4) is 0 Å². The normalized spacial score (nSPS) is 14.5. The second kappa shape index (κ2) is 6.12. The Kier molecular flexibility index (Phi) is 4.04. The highest BCUT2D eigenvalue weighted by molar-refractivity contribution is 5.59. The molecule has 0 bridgehead atoms. The van der Waals surface area contributed by atoms with Crippen molar-refractivity contribution in [1.29, 1.82) is 0 Å². The van der Waals surface area contributed by atoms with E-state index in [-0.39, 0.29) is 0 Å². The number of aromatic nitrogens is 2. The molecule has 0 atom stereocenters. The molecule has 1 aliphatic heterocycles. The summed E-state index contributed by atoms with van der Waals surface area (Å²) in [7, 11) is 1.92. The average Bonchev–Trinajstić information content (AvgIpc) is 2.76. The van der Waals surface area contributed by atoms with Crippen molar-refractivity contribution < 1.29 is 0 Å². The second-order valence-corrected chi connectivity index (χ2v) is 5.42. The van der Waals surface area contributed by atoms with Gasteiger partial charge in [0.05, 0.1) is 0 Å². The first-order chi connectivity index (χ1) is 10.3. The minimum atomic E-state index is 0.934. The van der Waals surface area contributed by atoms with Crippen molar-refractivity contribution in [2.24, 2.45) is 0 Å². The summed E-state index contributed by atoms with van der Waals surface area (Å²) in [5.41, 5.74) is 4.10. The van der Waals surface area contributed by atoms with Gasteiger partial charge in [-0.05, 0) is 30.4 Å². The number of fused-ring (bicyclic) bond motifs is 1. The Hall–Kier alpha value is -2.10. The first-order valence-electron chi connectivity index (χ1n) is 7.66. The molecular weight excluding hydrogens is 260 g/mol. The van der Waals surface area contributed by atoms with E-state index >= 15 is 0 Å². The lowest BCUT2D eigenvalue weighted by molar-refractivity contribution is 0.746. The SMILES string of the molecule is CCc1c(NC)ncnc1N1CCCc2ccccc2C1. The van der Waals surface area contributed by atoms with Gasteiger partial charge >= 0.3 is 0 Å². The molecule has 0 saturated heterocycles. The van der Waals surface area contributed by atoms with Gasteiger partial charge in [0.2, 0.25) is 0 Å². The van der Waals surface area contributed by atoms with Gasteiger partial charge in [-0.2, -0.15) is 0 Å². The molecular formula is C17H22N4. The Morgan fingerprint density at radius 3 is 2.76 bits per heavy atom. The number of aryl methyl sites for hydroxylation is 1. The van der Waals surface area contributed by atoms with E-state index in [1.165, 1.54) is 23.1 Å². The number of hydrogen-bond donors (Lipinski definition) is 1. The number of hydrogen-bond acceptors (Lipinski definition) is 4. The standard InChI is InChI=1S/C17H22N4/c1-3-15-16(18-2)19-12-20-17(15)21-10-6-9-13-7-4-5-8-14(13)11-21/h4-5,7-8,12H,3,6,9-11H2,1-2H3,(H,18,19,20). The van der Waals surface area contributed by atoms with Gasteiger partial charge in [-0.15, -0.1) is 0 Å². The highest BCUT2D eigenvalue weighted by Gasteiger charge is 2.19. The maximum Gasteiger partial charge on any atom is 0.137 e. The van der Waals surface area contributed by atoms with Crippen molar-refractivity contribution in [1.82, 2.24) is 9.97 Å². The molecule has 1 aromatic heterocycles. The molecule has 0 fully saturated rings. The molecule has 0 amide bonds. The maximum atomic E-state index is 4.57. The van der Waals surface area contributed by atoms with Gasteiger partial charge in [0.1, 0.15) is 18.0 Å². The van der Waals surface area contributed by atoms with Crippen LogP contribution in [0, 0.1) is 0 Å². The van der Waals surface area contributed by atoms with Gasteiger partial charge in [0, 0.05) is 25.7 Å². The lowest BCUT2D eigenvalue weighted by atomic mass is 10.0. The van der Waals surface area contributed by atoms with Crippen LogP contribution in [0.5, 0.6) is 0 Å². The molecule has 0 spiro atoms. The molecule has 110 valence electrons. The Morgan fingerprint density at radius 1 is 1.19 bits per heavy atom. The Balaban J connectivity index is 1.98. The van der Waals surface area contributed by atoms with Crippen LogP contribution in [0.15, 0.2) is 30.6 Å². The van der Waals surface area contributed by atoms with Crippen LogP contribution in [0.2, 0.25) is 0 Å². The first-order valence-corrected chi connectivity index (χ1v) is 7.66. The van der Waals surface area contributed by atoms with E-state index < -0.39 is 0 Å². The zero-order valence-electron chi connectivity index (χ0n) is 12.8. The van der Waals surface area contributed by atoms with Gasteiger partial charge in [0.25, 0.3) is 0 Å². The molecule has 0 saturated carbocycles. The highest BCUT2D eigenvalue weighted by Crippen LogP contribution is 2.28. The molecule has 4 nitrogen and oxygen atoms in total. The maximum absolute atomic E-state index is 4.57. The molecule has 3 rings (SSSR count). The fourth-order valence-corrected chi connectivity index (χ4v) is 3.10. The molecule has 1 N–H and O–H groups in total. The summed E-state index contributed by atoms with van der Waals surface area (Å²) in [5, 5.41) is 3.18. The fraction of sp³-hybridized carbons (Fsp3) is 0.412. The van der Waals surface area contributed by atoms with Gasteiger partial charge in [-0.3, -0.25) is 0 Å². The zero-order chi connectivity index (χ0) is 14.7. The minimum Gasteiger partial charge on any atom is -0.373 e. The van der Waals surface area contributed by atoms with Crippen LogP contribution >= 0.6 is 0 Å². The van der Waals surface area contributed by atoms with E-state index in [0.717, 1.165) is 37.6 Å². The van der Waals surface area contributed by atoms with E-state index in [1.54, 1.807) is 6.33 Å². The van der Waals surface area contributed by atoms with Crippen molar-refractivity contribution in [2.75, 3.05) is 23.8 Å². The molecule has 0 unspecified atom stereocenters. The van der Waals surface area contributed by atoms with E-state index in [0.29, 0.717) is 0 Å². The van der Waals surface area contributed by atoms with Crippen LogP contribution in [-0.4, -0.2) is 23.6 Å². The molecule has 1 aromatic carbocycles. The largest absolute Gasteiger partial charge is 0.373 e. The molecule has 1 aliphatic rings. The summed E-state index contributed by atoms with van der Waals surface area (Å²) in [5.74, 6) is 2.02. The van der Waals surface area contributed by atoms with Crippen LogP contribution in [-0.2, 0) is 19.4 Å². The van der Waals surface area contributed by atoms with Crippen molar-refractivity contribution in [3.8, 4) is 0 Å². The Bertz CT molecular complexity index is 624. The quantitative estimate of drug-likeness (QED) is 0.939. The zero-order valence-corrected chi connectivity index (χ0v) is 12.8. The first kappa shape index (κ1) is 13.9. The van der Waals surface area contributed by atoms with Crippen molar-refractivity contribution >= 4 is 11.6 Å². The van der Waals surface area contributed by atoms with E-state index in [2.05, 4.69) is 51.4 Å². The summed E-state index contributed by atoms with van der Waals surface area (Å²) >= 11 is 0. The summed E-state index contributed by atoms with van der Waals surface area (Å²) < 4.78 is 0. The minimum absolute atomic E-state index is 0.934. The predicted molar refractivity (Wildman–Crippen MR) is 86.8 cm³/mol. The molecule has 21 heavy (non-hydrogen) atoms. The number of nitrogens with one attached hydrogen (secondary N) is 1. The van der Waals surface area contributed by atoms with Gasteiger partial charge in [-0.25, -0.2) is 9.97 Å². The summed E-state index contributed by atoms with van der Waals surface area (Å²) in [4.78, 5) is 11.3. The molecule has 2 heterocycles. The summed E-state index contributed by atoms with van der Waals surface area (Å²) in [6.07, 6.45) is 4.92. The van der Waals surface area contributed by atoms with E-state index in [1.807, 2.05) is 7.05 Å². The van der Waals surface area contributed by atoms with Crippen LogP contribution < -0.4 is 10.2 Å². The van der Waals surface area contributed by atoms with Crippen LogP contribution in [0.1, 0.15) is 30.0 Å². The van der Waals surface area contributed by atoms with Gasteiger partial charge < -0.3 is 10.2 Å². The number of benzene rings is 1. The second-order valence-electron chi connectivity index (χ2n) is 5.42. The fourth-order valence-electron chi connectivity index (χ4n) is 3.10. The third-order valence-electron chi connectivity index (χ3n) is 4.17. The van der Waals surface area contributed by atoms with Crippen molar-refractivity contribution in [2.45, 2.75) is 32.7 Å². The smallest absolute Gasteiger partial charge is 0.137 e. The summed E-state index contributed by atoms with van der Waals surface area (Å²) in [6.45, 7) is 4.14. The average molecular weight is 282 g/mol. The van der Waals surface area contributed by atoms with Gasteiger partial charge in [0.15, 0.2) is 0 Å². The van der Waals surface area contributed by atoms with Gasteiger partial charge in [-0.1, -0.05) is 31.2 Å². The summed E-state index contributed by atoms with van der Waals surface area (Å²) in [6, 6.07) is 8.75.